The summed E-state index contributed by atoms with van der Waals surface area (Å²) in [5, 5.41) is 0. The van der Waals surface area contributed by atoms with Crippen molar-refractivity contribution in [1.82, 2.24) is 0 Å². The summed E-state index contributed by atoms with van der Waals surface area (Å²) < 4.78 is 15.1. The Bertz CT molecular complexity index is 563. The number of unbranched alkanes of at least 4 members (excludes halogenated alkanes) is 2. The van der Waals surface area contributed by atoms with Crippen molar-refractivity contribution in [2.24, 2.45) is 11.8 Å². The predicted molar refractivity (Wildman–Crippen MR) is 110 cm³/mol. The SMILES string of the molecule is CCCCC[C@H]1CC[C@H](CCC2(F)C=CC(c3ccccc3)C=C2)CC1. The Morgan fingerprint density at radius 1 is 0.885 bits per heavy atom. The van der Waals surface area contributed by atoms with Crippen LogP contribution in [0.25, 0.3) is 0 Å². The standard InChI is InChI=1S/C25H35F/c1-2-3-5-8-21-11-13-22(14-12-21)15-18-25(26)19-16-24(17-20-25)23-9-6-4-7-10-23/h4,6-7,9-10,16-17,19-22,24H,2-3,5,8,11-15,18H2,1H3/t21-,22-,24?,25?. The van der Waals surface area contributed by atoms with Crippen LogP contribution in [-0.2, 0) is 0 Å². The van der Waals surface area contributed by atoms with Crippen LogP contribution >= 0.6 is 0 Å². The van der Waals surface area contributed by atoms with E-state index in [4.69, 9.17) is 0 Å². The maximum atomic E-state index is 15.1. The van der Waals surface area contributed by atoms with Gasteiger partial charge in [-0.1, -0.05) is 101 Å². The number of halogens is 1. The van der Waals surface area contributed by atoms with E-state index in [1.165, 1.54) is 56.9 Å². The molecule has 0 aromatic heterocycles. The quantitative estimate of drug-likeness (QED) is 0.330. The first-order chi connectivity index (χ1) is 12.7. The summed E-state index contributed by atoms with van der Waals surface area (Å²) in [6.07, 6.45) is 20.3. The number of alkyl halides is 1. The maximum absolute atomic E-state index is 15.1. The lowest BCUT2D eigenvalue weighted by Crippen LogP contribution is -2.22. The van der Waals surface area contributed by atoms with Gasteiger partial charge in [0.15, 0.2) is 0 Å². The summed E-state index contributed by atoms with van der Waals surface area (Å²) >= 11 is 0. The summed E-state index contributed by atoms with van der Waals surface area (Å²) in [6, 6.07) is 10.4. The lowest BCUT2D eigenvalue weighted by atomic mass is 9.76. The molecule has 142 valence electrons. The van der Waals surface area contributed by atoms with Gasteiger partial charge in [0.25, 0.3) is 0 Å². The third-order valence-electron chi connectivity index (χ3n) is 6.46. The van der Waals surface area contributed by atoms with Crippen LogP contribution in [0.15, 0.2) is 54.6 Å². The summed E-state index contributed by atoms with van der Waals surface area (Å²) in [5.74, 6) is 1.90. The molecule has 1 aromatic rings. The van der Waals surface area contributed by atoms with E-state index in [0.29, 0.717) is 6.42 Å². The lowest BCUT2D eigenvalue weighted by molar-refractivity contribution is 0.207. The van der Waals surface area contributed by atoms with E-state index in [9.17, 15) is 0 Å². The topological polar surface area (TPSA) is 0 Å². The molecule has 0 unspecified atom stereocenters. The van der Waals surface area contributed by atoms with E-state index in [0.717, 1.165) is 18.3 Å². The normalized spacial score (nSPS) is 31.2. The first kappa shape index (κ1) is 19.4. The number of hydrogen-bond donors (Lipinski definition) is 0. The van der Waals surface area contributed by atoms with E-state index in [2.05, 4.69) is 19.1 Å². The van der Waals surface area contributed by atoms with Crippen LogP contribution in [-0.4, -0.2) is 5.67 Å². The largest absolute Gasteiger partial charge is 0.235 e. The van der Waals surface area contributed by atoms with E-state index >= 15 is 4.39 Å². The van der Waals surface area contributed by atoms with Crippen molar-refractivity contribution in [1.29, 1.82) is 0 Å². The molecule has 2 aliphatic carbocycles. The van der Waals surface area contributed by atoms with E-state index < -0.39 is 5.67 Å². The number of hydrogen-bond acceptors (Lipinski definition) is 0. The van der Waals surface area contributed by atoms with Crippen LogP contribution < -0.4 is 0 Å². The van der Waals surface area contributed by atoms with Crippen LogP contribution in [0.4, 0.5) is 4.39 Å². The van der Waals surface area contributed by atoms with Gasteiger partial charge in [0.05, 0.1) is 0 Å². The molecule has 0 N–H and O–H groups in total. The molecule has 0 nitrogen and oxygen atoms in total. The molecule has 0 bridgehead atoms. The van der Waals surface area contributed by atoms with Crippen LogP contribution in [0.5, 0.6) is 0 Å². The smallest absolute Gasteiger partial charge is 0.147 e. The van der Waals surface area contributed by atoms with Crippen molar-refractivity contribution in [3.05, 3.63) is 60.2 Å². The Labute approximate surface area is 159 Å². The molecule has 0 aliphatic heterocycles. The average Bonchev–Trinajstić information content (AvgIpc) is 2.69. The highest BCUT2D eigenvalue weighted by molar-refractivity contribution is 5.35. The fourth-order valence-electron chi connectivity index (χ4n) is 4.63. The second kappa shape index (κ2) is 9.53. The molecule has 0 amide bonds. The molecule has 0 radical (unpaired) electrons. The first-order valence-corrected chi connectivity index (χ1v) is 10.8. The van der Waals surface area contributed by atoms with Crippen molar-refractivity contribution >= 4 is 0 Å². The highest BCUT2D eigenvalue weighted by Crippen LogP contribution is 2.38. The summed E-state index contributed by atoms with van der Waals surface area (Å²) in [6.45, 7) is 2.28. The van der Waals surface area contributed by atoms with Crippen molar-refractivity contribution in [3.8, 4) is 0 Å². The summed E-state index contributed by atoms with van der Waals surface area (Å²) in [5.41, 5.74) is 0.00642. The van der Waals surface area contributed by atoms with Gasteiger partial charge in [0, 0.05) is 5.92 Å². The van der Waals surface area contributed by atoms with Gasteiger partial charge in [-0.05, 0) is 42.4 Å². The maximum Gasteiger partial charge on any atom is 0.147 e. The Kier molecular flexibility index (Phi) is 7.11. The zero-order chi connectivity index (χ0) is 18.2. The van der Waals surface area contributed by atoms with Crippen molar-refractivity contribution in [3.63, 3.8) is 0 Å². The molecule has 0 saturated heterocycles. The fraction of sp³-hybridized carbons (Fsp3) is 0.600. The number of rotatable bonds is 8. The van der Waals surface area contributed by atoms with E-state index in [1.54, 1.807) is 12.2 Å². The highest BCUT2D eigenvalue weighted by atomic mass is 19.1. The minimum Gasteiger partial charge on any atom is -0.235 e. The molecule has 0 atom stereocenters. The minimum atomic E-state index is -1.23. The van der Waals surface area contributed by atoms with Gasteiger partial charge in [0.1, 0.15) is 5.67 Å². The summed E-state index contributed by atoms with van der Waals surface area (Å²) in [4.78, 5) is 0. The minimum absolute atomic E-state index is 0.221. The third kappa shape index (κ3) is 5.56. The Balaban J connectivity index is 1.41. The van der Waals surface area contributed by atoms with E-state index in [1.807, 2.05) is 30.4 Å². The van der Waals surface area contributed by atoms with Crippen LogP contribution in [0, 0.1) is 11.8 Å². The van der Waals surface area contributed by atoms with Gasteiger partial charge < -0.3 is 0 Å². The van der Waals surface area contributed by atoms with Crippen LogP contribution in [0.2, 0.25) is 0 Å². The second-order valence-electron chi connectivity index (χ2n) is 8.50. The van der Waals surface area contributed by atoms with Gasteiger partial charge in [-0.25, -0.2) is 4.39 Å². The molecule has 2 aliphatic rings. The lowest BCUT2D eigenvalue weighted by Gasteiger charge is -2.31. The second-order valence-corrected chi connectivity index (χ2v) is 8.50. The van der Waals surface area contributed by atoms with Gasteiger partial charge in [-0.3, -0.25) is 0 Å². The first-order valence-electron chi connectivity index (χ1n) is 10.8. The third-order valence-corrected chi connectivity index (χ3v) is 6.46. The molecular weight excluding hydrogens is 319 g/mol. The van der Waals surface area contributed by atoms with Crippen molar-refractivity contribution < 1.29 is 4.39 Å². The zero-order valence-corrected chi connectivity index (χ0v) is 16.4. The van der Waals surface area contributed by atoms with Gasteiger partial charge in [-0.15, -0.1) is 0 Å². The van der Waals surface area contributed by atoms with Crippen LogP contribution in [0.3, 0.4) is 0 Å². The molecule has 1 fully saturated rings. The Hall–Kier alpha value is -1.37. The molecule has 3 rings (SSSR count). The van der Waals surface area contributed by atoms with E-state index in [-0.39, 0.29) is 5.92 Å². The molecule has 1 aromatic carbocycles. The zero-order valence-electron chi connectivity index (χ0n) is 16.4. The van der Waals surface area contributed by atoms with Crippen molar-refractivity contribution in [2.45, 2.75) is 82.7 Å². The molecule has 0 spiro atoms. The predicted octanol–water partition coefficient (Wildman–Crippen LogP) is 7.77. The monoisotopic (exact) mass is 354 g/mol. The Morgan fingerprint density at radius 3 is 2.12 bits per heavy atom. The molecule has 26 heavy (non-hydrogen) atoms. The van der Waals surface area contributed by atoms with Crippen molar-refractivity contribution in [2.75, 3.05) is 0 Å². The molecule has 1 heteroatoms. The average molecular weight is 355 g/mol. The van der Waals surface area contributed by atoms with Gasteiger partial charge in [-0.2, -0.15) is 0 Å². The highest BCUT2D eigenvalue weighted by Gasteiger charge is 2.29. The fourth-order valence-corrected chi connectivity index (χ4v) is 4.63. The number of benzene rings is 1. The molecular formula is C25H35F. The molecule has 0 heterocycles. The Morgan fingerprint density at radius 2 is 1.50 bits per heavy atom. The van der Waals surface area contributed by atoms with Gasteiger partial charge >= 0.3 is 0 Å². The van der Waals surface area contributed by atoms with Gasteiger partial charge in [0.2, 0.25) is 0 Å². The molecule has 1 saturated carbocycles. The summed E-state index contributed by atoms with van der Waals surface area (Å²) in [7, 11) is 0. The number of allylic oxidation sites excluding steroid dienone is 4. The van der Waals surface area contributed by atoms with Crippen LogP contribution in [0.1, 0.15) is 82.6 Å².